The number of aliphatic imine (C=N–C) groups is 1. The summed E-state index contributed by atoms with van der Waals surface area (Å²) in [5, 5.41) is 3.29. The predicted molar refractivity (Wildman–Crippen MR) is 199 cm³/mol. The summed E-state index contributed by atoms with van der Waals surface area (Å²) in [6.07, 6.45) is 5.15. The molecule has 1 aromatic rings. The van der Waals surface area contributed by atoms with Crippen molar-refractivity contribution < 1.29 is 28.6 Å². The standard InChI is InChI=1S/C38H61N7O6/c1-11-30(32(41-16-13-18-49-10)42-35(39)37(4,5)6)34(47)45(22-26(2)3)29-20-28(23-44(24-29)36(48)51-38(7,8)9)33(46)43-17-19-50-31(25-43)27-14-12-15-40-21-27/h11-12,14-15,21,26,28-29,31,41H,1,13,16-20,22-25H2,2-10H3,(H2,39,42)/b32-30+/t28-,29+,31?/m1/s1. The Hall–Kier alpha value is -3.97. The molecule has 0 bridgehead atoms. The molecule has 2 aliphatic heterocycles. The van der Waals surface area contributed by atoms with Crippen LogP contribution in [0.2, 0.25) is 0 Å². The molecule has 0 radical (unpaired) electrons. The normalized spacial score (nSPS) is 20.8. The average Bonchev–Trinajstić information content (AvgIpc) is 3.07. The lowest BCUT2D eigenvalue weighted by Gasteiger charge is -2.44. The van der Waals surface area contributed by atoms with Gasteiger partial charge in [-0.3, -0.25) is 14.6 Å². The van der Waals surface area contributed by atoms with Crippen molar-refractivity contribution in [2.24, 2.45) is 28.0 Å². The number of nitrogens with zero attached hydrogens (tertiary/aromatic N) is 5. The van der Waals surface area contributed by atoms with E-state index in [0.29, 0.717) is 63.9 Å². The molecule has 2 fully saturated rings. The summed E-state index contributed by atoms with van der Waals surface area (Å²) in [6, 6.07) is 3.28. The Kier molecular flexibility index (Phi) is 15.0. The van der Waals surface area contributed by atoms with Gasteiger partial charge in [-0.2, -0.15) is 0 Å². The third-order valence-corrected chi connectivity index (χ3v) is 8.64. The van der Waals surface area contributed by atoms with Crippen LogP contribution in [0.4, 0.5) is 4.79 Å². The first kappa shape index (κ1) is 41.5. The van der Waals surface area contributed by atoms with Crippen LogP contribution in [0.1, 0.15) is 79.9 Å². The smallest absolute Gasteiger partial charge is 0.410 e. The SMILES string of the molecule is C=C/C(C(=O)N(CC(C)C)[C@H]1C[C@@H](C(=O)N2CCOC(c3cccnc3)C2)CN(C(=O)OC(C)(C)C)C1)=C(\N=C(/N)C(C)(C)C)NCCCOC. The van der Waals surface area contributed by atoms with Crippen molar-refractivity contribution in [3.05, 3.63) is 54.1 Å². The van der Waals surface area contributed by atoms with Gasteiger partial charge in [0.15, 0.2) is 0 Å². The van der Waals surface area contributed by atoms with Gasteiger partial charge < -0.3 is 40.0 Å². The third-order valence-electron chi connectivity index (χ3n) is 8.64. The lowest BCUT2D eigenvalue weighted by atomic mass is 9.90. The molecule has 0 aliphatic carbocycles. The number of nitrogens with two attached hydrogens (primary N) is 1. The summed E-state index contributed by atoms with van der Waals surface area (Å²) in [4.78, 5) is 56.7. The lowest BCUT2D eigenvalue weighted by molar-refractivity contribution is -0.147. The Bertz CT molecular complexity index is 1400. The van der Waals surface area contributed by atoms with E-state index in [1.54, 1.807) is 34.2 Å². The molecular formula is C38H61N7O6. The van der Waals surface area contributed by atoms with E-state index in [9.17, 15) is 14.4 Å². The van der Waals surface area contributed by atoms with Crippen molar-refractivity contribution in [2.45, 2.75) is 86.0 Å². The fraction of sp³-hybridized carbons (Fsp3) is 0.658. The fourth-order valence-corrected chi connectivity index (χ4v) is 5.97. The van der Waals surface area contributed by atoms with Gasteiger partial charge in [-0.05, 0) is 45.6 Å². The van der Waals surface area contributed by atoms with Crippen molar-refractivity contribution in [1.29, 1.82) is 0 Å². The molecule has 3 amide bonds. The number of likely N-dealkylation sites (tertiary alicyclic amines) is 1. The zero-order valence-electron chi connectivity index (χ0n) is 32.2. The van der Waals surface area contributed by atoms with E-state index in [2.05, 4.69) is 16.9 Å². The first-order valence-corrected chi connectivity index (χ1v) is 18.0. The minimum absolute atomic E-state index is 0.0758. The molecule has 284 valence electrons. The largest absolute Gasteiger partial charge is 0.444 e. The highest BCUT2D eigenvalue weighted by molar-refractivity contribution is 5.98. The molecule has 1 aromatic heterocycles. The zero-order chi connectivity index (χ0) is 37.9. The third kappa shape index (κ3) is 12.3. The monoisotopic (exact) mass is 711 g/mol. The van der Waals surface area contributed by atoms with Crippen LogP contribution in [-0.2, 0) is 23.8 Å². The van der Waals surface area contributed by atoms with Crippen LogP contribution in [0.5, 0.6) is 0 Å². The molecule has 3 rings (SSSR count). The van der Waals surface area contributed by atoms with Gasteiger partial charge in [0.25, 0.3) is 5.91 Å². The number of methoxy groups -OCH3 is 1. The molecule has 0 aromatic carbocycles. The lowest BCUT2D eigenvalue weighted by Crippen LogP contribution is -2.58. The van der Waals surface area contributed by atoms with Crippen molar-refractivity contribution in [3.8, 4) is 0 Å². The van der Waals surface area contributed by atoms with E-state index in [1.165, 1.54) is 6.08 Å². The molecule has 51 heavy (non-hydrogen) atoms. The van der Waals surface area contributed by atoms with Crippen molar-refractivity contribution >= 4 is 23.7 Å². The summed E-state index contributed by atoms with van der Waals surface area (Å²) in [5.74, 6) is -0.243. The molecule has 3 atom stereocenters. The Morgan fingerprint density at radius 1 is 1.18 bits per heavy atom. The van der Waals surface area contributed by atoms with E-state index in [0.717, 1.165) is 5.56 Å². The minimum Gasteiger partial charge on any atom is -0.444 e. The van der Waals surface area contributed by atoms with Crippen LogP contribution in [0.15, 0.2) is 53.6 Å². The maximum absolute atomic E-state index is 14.7. The van der Waals surface area contributed by atoms with Crippen LogP contribution in [0.25, 0.3) is 0 Å². The van der Waals surface area contributed by atoms with Gasteiger partial charge in [0.05, 0.1) is 30.7 Å². The molecule has 1 unspecified atom stereocenters. The highest BCUT2D eigenvalue weighted by Gasteiger charge is 2.42. The number of rotatable bonds is 13. The fourth-order valence-electron chi connectivity index (χ4n) is 5.97. The van der Waals surface area contributed by atoms with Crippen molar-refractivity contribution in [1.82, 2.24) is 25.0 Å². The Balaban J connectivity index is 2.03. The minimum atomic E-state index is -0.745. The molecule has 13 heteroatoms. The number of nitrogens with one attached hydrogen (secondary N) is 1. The number of amides is 3. The second kappa shape index (κ2) is 18.5. The van der Waals surface area contributed by atoms with E-state index in [1.807, 2.05) is 67.5 Å². The van der Waals surface area contributed by atoms with E-state index >= 15 is 0 Å². The molecule has 13 nitrogen and oxygen atoms in total. The van der Waals surface area contributed by atoms with E-state index < -0.39 is 29.1 Å². The highest BCUT2D eigenvalue weighted by atomic mass is 16.6. The van der Waals surface area contributed by atoms with Crippen LogP contribution in [0, 0.1) is 17.3 Å². The number of hydrogen-bond acceptors (Lipinski definition) is 9. The van der Waals surface area contributed by atoms with Crippen LogP contribution in [0.3, 0.4) is 0 Å². The summed E-state index contributed by atoms with van der Waals surface area (Å²) in [7, 11) is 1.63. The van der Waals surface area contributed by atoms with Gasteiger partial charge in [-0.1, -0.05) is 53.3 Å². The second-order valence-electron chi connectivity index (χ2n) is 15.7. The van der Waals surface area contributed by atoms with Gasteiger partial charge in [-0.25, -0.2) is 9.79 Å². The quantitative estimate of drug-likeness (QED) is 0.0990. The zero-order valence-corrected chi connectivity index (χ0v) is 32.2. The molecule has 0 saturated carbocycles. The second-order valence-corrected chi connectivity index (χ2v) is 15.7. The number of hydrogen-bond donors (Lipinski definition) is 2. The number of ether oxygens (including phenoxy) is 3. The average molecular weight is 712 g/mol. The number of pyridine rings is 1. The summed E-state index contributed by atoms with van der Waals surface area (Å²) >= 11 is 0. The first-order chi connectivity index (χ1) is 23.9. The summed E-state index contributed by atoms with van der Waals surface area (Å²) < 4.78 is 17.0. The highest BCUT2D eigenvalue weighted by Crippen LogP contribution is 2.30. The van der Waals surface area contributed by atoms with E-state index in [4.69, 9.17) is 24.9 Å². The van der Waals surface area contributed by atoms with Gasteiger partial charge in [0.2, 0.25) is 5.91 Å². The molecular weight excluding hydrogens is 650 g/mol. The maximum Gasteiger partial charge on any atom is 0.410 e. The Labute approximate surface area is 304 Å². The number of piperidine rings is 1. The molecule has 3 N–H and O–H groups in total. The van der Waals surface area contributed by atoms with Crippen molar-refractivity contribution in [3.63, 3.8) is 0 Å². The molecule has 2 saturated heterocycles. The topological polar surface area (TPSA) is 152 Å². The van der Waals surface area contributed by atoms with E-state index in [-0.39, 0.29) is 42.5 Å². The Morgan fingerprint density at radius 2 is 1.90 bits per heavy atom. The van der Waals surface area contributed by atoms with Crippen LogP contribution >= 0.6 is 0 Å². The number of amidine groups is 1. The number of morpholine rings is 1. The molecule has 0 spiro atoms. The first-order valence-electron chi connectivity index (χ1n) is 18.0. The van der Waals surface area contributed by atoms with Gasteiger partial charge in [0, 0.05) is 69.8 Å². The summed E-state index contributed by atoms with van der Waals surface area (Å²) in [6.45, 7) is 22.3. The van der Waals surface area contributed by atoms with Crippen LogP contribution < -0.4 is 11.1 Å². The predicted octanol–water partition coefficient (Wildman–Crippen LogP) is 4.52. The molecule has 2 aliphatic rings. The molecule has 3 heterocycles. The Morgan fingerprint density at radius 3 is 2.49 bits per heavy atom. The maximum atomic E-state index is 14.7. The number of carbonyl (C=O) groups excluding carboxylic acids is 3. The summed E-state index contributed by atoms with van der Waals surface area (Å²) in [5.41, 5.74) is 6.38. The van der Waals surface area contributed by atoms with Crippen molar-refractivity contribution in [2.75, 3.05) is 59.6 Å². The van der Waals surface area contributed by atoms with Crippen LogP contribution in [-0.4, -0.2) is 115 Å². The van der Waals surface area contributed by atoms with Gasteiger partial charge in [-0.15, -0.1) is 0 Å². The number of aromatic nitrogens is 1. The number of carbonyl (C=O) groups is 3. The van der Waals surface area contributed by atoms with Gasteiger partial charge in [0.1, 0.15) is 23.4 Å². The van der Waals surface area contributed by atoms with Gasteiger partial charge >= 0.3 is 6.09 Å².